The third kappa shape index (κ3) is 5.37. The molecule has 2 rings (SSSR count). The molecule has 0 unspecified atom stereocenters. The van der Waals surface area contributed by atoms with Crippen molar-refractivity contribution in [3.8, 4) is 0 Å². The SMILES string of the molecule is CC(C)(C)OC(=O)N1CCC[C@H](C(=O)NC(C)(C)c2ccccc2Cl)C1. The highest BCUT2D eigenvalue weighted by Gasteiger charge is 2.34. The van der Waals surface area contributed by atoms with Gasteiger partial charge < -0.3 is 15.0 Å². The minimum atomic E-state index is -0.594. The van der Waals surface area contributed by atoms with Crippen LogP contribution in [0, 0.1) is 5.92 Å². The van der Waals surface area contributed by atoms with Crippen LogP contribution in [0.3, 0.4) is 0 Å². The molecule has 0 bridgehead atoms. The maximum absolute atomic E-state index is 12.8. The number of carbonyl (C=O) groups is 2. The lowest BCUT2D eigenvalue weighted by atomic mass is 9.91. The molecule has 1 N–H and O–H groups in total. The second-order valence-electron chi connectivity index (χ2n) is 8.36. The van der Waals surface area contributed by atoms with Crippen LogP contribution < -0.4 is 5.32 Å². The molecule has 1 aromatic carbocycles. The van der Waals surface area contributed by atoms with Crippen LogP contribution >= 0.6 is 11.6 Å². The lowest BCUT2D eigenvalue weighted by molar-refractivity contribution is -0.128. The lowest BCUT2D eigenvalue weighted by Crippen LogP contribution is -2.50. The van der Waals surface area contributed by atoms with Crippen LogP contribution in [0.1, 0.15) is 53.0 Å². The standard InChI is InChI=1S/C20H29ClN2O3/c1-19(2,3)26-18(25)23-12-8-9-14(13-23)17(24)22-20(4,5)15-10-6-7-11-16(15)21/h6-7,10-11,14H,8-9,12-13H2,1-5H3,(H,22,24)/t14-/m0/s1. The summed E-state index contributed by atoms with van der Waals surface area (Å²) in [6.07, 6.45) is 1.17. The smallest absolute Gasteiger partial charge is 0.410 e. The molecule has 0 spiro atoms. The van der Waals surface area contributed by atoms with Crippen molar-refractivity contribution in [2.24, 2.45) is 5.92 Å². The number of carbonyl (C=O) groups excluding carboxylic acids is 2. The molecule has 1 fully saturated rings. The van der Waals surface area contributed by atoms with Crippen LogP contribution in [-0.2, 0) is 15.1 Å². The van der Waals surface area contributed by atoms with Gasteiger partial charge >= 0.3 is 6.09 Å². The van der Waals surface area contributed by atoms with Gasteiger partial charge in [-0.15, -0.1) is 0 Å². The summed E-state index contributed by atoms with van der Waals surface area (Å²) < 4.78 is 5.43. The van der Waals surface area contributed by atoms with E-state index in [0.717, 1.165) is 18.4 Å². The number of nitrogens with one attached hydrogen (secondary N) is 1. The Labute approximate surface area is 161 Å². The molecule has 0 aliphatic carbocycles. The van der Waals surface area contributed by atoms with E-state index in [0.29, 0.717) is 18.1 Å². The number of nitrogens with zero attached hydrogens (tertiary/aromatic N) is 1. The predicted octanol–water partition coefficient (Wildman–Crippen LogP) is 4.34. The number of amides is 2. The highest BCUT2D eigenvalue weighted by atomic mass is 35.5. The van der Waals surface area contributed by atoms with Gasteiger partial charge in [0, 0.05) is 18.1 Å². The first-order valence-corrected chi connectivity index (χ1v) is 9.42. The first kappa shape index (κ1) is 20.6. The van der Waals surface area contributed by atoms with E-state index >= 15 is 0 Å². The number of halogens is 1. The largest absolute Gasteiger partial charge is 0.444 e. The number of benzene rings is 1. The number of hydrogen-bond donors (Lipinski definition) is 1. The van der Waals surface area contributed by atoms with Crippen molar-refractivity contribution in [2.45, 2.75) is 58.6 Å². The average Bonchev–Trinajstić information content (AvgIpc) is 2.53. The van der Waals surface area contributed by atoms with E-state index in [1.54, 1.807) is 4.90 Å². The summed E-state index contributed by atoms with van der Waals surface area (Å²) in [7, 11) is 0. The van der Waals surface area contributed by atoms with Gasteiger partial charge in [-0.05, 0) is 59.1 Å². The fraction of sp³-hybridized carbons (Fsp3) is 0.600. The van der Waals surface area contributed by atoms with Gasteiger partial charge in [0.2, 0.25) is 5.91 Å². The van der Waals surface area contributed by atoms with Crippen molar-refractivity contribution >= 4 is 23.6 Å². The van der Waals surface area contributed by atoms with Crippen LogP contribution in [0.15, 0.2) is 24.3 Å². The van der Waals surface area contributed by atoms with Gasteiger partial charge in [0.05, 0.1) is 11.5 Å². The van der Waals surface area contributed by atoms with Gasteiger partial charge in [-0.25, -0.2) is 4.79 Å². The summed E-state index contributed by atoms with van der Waals surface area (Å²) in [5, 5.41) is 3.71. The Bertz CT molecular complexity index is 667. The van der Waals surface area contributed by atoms with E-state index in [2.05, 4.69) is 5.32 Å². The first-order valence-electron chi connectivity index (χ1n) is 9.04. The van der Waals surface area contributed by atoms with Crippen molar-refractivity contribution in [3.05, 3.63) is 34.9 Å². The van der Waals surface area contributed by atoms with E-state index in [4.69, 9.17) is 16.3 Å². The minimum Gasteiger partial charge on any atom is -0.444 e. The molecule has 26 heavy (non-hydrogen) atoms. The molecular formula is C20H29ClN2O3. The summed E-state index contributed by atoms with van der Waals surface area (Å²) in [6, 6.07) is 7.50. The summed E-state index contributed by atoms with van der Waals surface area (Å²) in [5.74, 6) is -0.318. The summed E-state index contributed by atoms with van der Waals surface area (Å²) in [5.41, 5.74) is -0.267. The Morgan fingerprint density at radius 1 is 1.19 bits per heavy atom. The highest BCUT2D eigenvalue weighted by Crippen LogP contribution is 2.28. The van der Waals surface area contributed by atoms with Gasteiger partial charge in [-0.3, -0.25) is 4.79 Å². The normalized spacial score (nSPS) is 18.4. The Morgan fingerprint density at radius 2 is 1.85 bits per heavy atom. The molecule has 0 aromatic heterocycles. The molecule has 2 amide bonds. The topological polar surface area (TPSA) is 58.6 Å². The Kier molecular flexibility index (Phi) is 6.22. The molecule has 0 radical (unpaired) electrons. The van der Waals surface area contributed by atoms with Crippen molar-refractivity contribution in [3.63, 3.8) is 0 Å². The van der Waals surface area contributed by atoms with Gasteiger partial charge in [0.1, 0.15) is 5.60 Å². The first-order chi connectivity index (χ1) is 12.0. The molecule has 1 atom stereocenters. The van der Waals surface area contributed by atoms with Crippen molar-refractivity contribution in [1.82, 2.24) is 10.2 Å². The third-order valence-electron chi connectivity index (χ3n) is 4.43. The second kappa shape index (κ2) is 7.87. The van der Waals surface area contributed by atoms with Gasteiger partial charge in [-0.1, -0.05) is 29.8 Å². The van der Waals surface area contributed by atoms with E-state index in [-0.39, 0.29) is 17.9 Å². The molecule has 6 heteroatoms. The summed E-state index contributed by atoms with van der Waals surface area (Å²) >= 11 is 6.28. The maximum atomic E-state index is 12.8. The zero-order chi connectivity index (χ0) is 19.5. The Hall–Kier alpha value is -1.75. The molecule has 1 aliphatic heterocycles. The van der Waals surface area contributed by atoms with Crippen molar-refractivity contribution in [1.29, 1.82) is 0 Å². The van der Waals surface area contributed by atoms with Crippen molar-refractivity contribution < 1.29 is 14.3 Å². The van der Waals surface area contributed by atoms with Gasteiger partial charge in [0.25, 0.3) is 0 Å². The Morgan fingerprint density at radius 3 is 2.46 bits per heavy atom. The highest BCUT2D eigenvalue weighted by molar-refractivity contribution is 6.31. The Balaban J connectivity index is 2.03. The molecule has 5 nitrogen and oxygen atoms in total. The summed E-state index contributed by atoms with van der Waals surface area (Å²) in [6.45, 7) is 10.4. The quantitative estimate of drug-likeness (QED) is 0.848. The van der Waals surface area contributed by atoms with E-state index in [9.17, 15) is 9.59 Å². The number of hydrogen-bond acceptors (Lipinski definition) is 3. The average molecular weight is 381 g/mol. The molecule has 1 heterocycles. The van der Waals surface area contributed by atoms with E-state index in [1.165, 1.54) is 0 Å². The number of piperidine rings is 1. The van der Waals surface area contributed by atoms with Crippen molar-refractivity contribution in [2.75, 3.05) is 13.1 Å². The van der Waals surface area contributed by atoms with Crippen LogP contribution in [0.4, 0.5) is 4.79 Å². The van der Waals surface area contributed by atoms with E-state index < -0.39 is 11.1 Å². The van der Waals surface area contributed by atoms with Gasteiger partial charge in [-0.2, -0.15) is 0 Å². The number of ether oxygens (including phenoxy) is 1. The van der Waals surface area contributed by atoms with Crippen LogP contribution in [0.5, 0.6) is 0 Å². The third-order valence-corrected chi connectivity index (χ3v) is 4.76. The second-order valence-corrected chi connectivity index (χ2v) is 8.77. The fourth-order valence-corrected chi connectivity index (χ4v) is 3.50. The zero-order valence-corrected chi connectivity index (χ0v) is 17.0. The number of likely N-dealkylation sites (tertiary alicyclic amines) is 1. The van der Waals surface area contributed by atoms with Crippen LogP contribution in [0.2, 0.25) is 5.02 Å². The predicted molar refractivity (Wildman–Crippen MR) is 103 cm³/mol. The maximum Gasteiger partial charge on any atom is 0.410 e. The molecular weight excluding hydrogens is 352 g/mol. The zero-order valence-electron chi connectivity index (χ0n) is 16.3. The minimum absolute atomic E-state index is 0.0665. The monoisotopic (exact) mass is 380 g/mol. The van der Waals surface area contributed by atoms with Crippen LogP contribution in [0.25, 0.3) is 0 Å². The van der Waals surface area contributed by atoms with Crippen LogP contribution in [-0.4, -0.2) is 35.6 Å². The summed E-state index contributed by atoms with van der Waals surface area (Å²) in [4.78, 5) is 26.7. The molecule has 144 valence electrons. The molecule has 1 aromatic rings. The molecule has 1 aliphatic rings. The molecule has 0 saturated carbocycles. The number of rotatable bonds is 3. The van der Waals surface area contributed by atoms with E-state index in [1.807, 2.05) is 58.9 Å². The fourth-order valence-electron chi connectivity index (χ4n) is 3.13. The molecule has 1 saturated heterocycles. The van der Waals surface area contributed by atoms with Gasteiger partial charge in [0.15, 0.2) is 0 Å². The lowest BCUT2D eigenvalue weighted by Gasteiger charge is -2.35.